The average Bonchev–Trinajstić information content (AvgIpc) is 3.04. The Labute approximate surface area is 280 Å². The summed E-state index contributed by atoms with van der Waals surface area (Å²) in [6, 6.07) is 0. The Kier molecular flexibility index (Phi) is 31.9. The lowest BCUT2D eigenvalue weighted by Crippen LogP contribution is -2.29. The van der Waals surface area contributed by atoms with E-state index < -0.39 is 32.5 Å². The molecule has 3 N–H and O–H groups in total. The number of carbonyl (C=O) groups excluding carboxylic acids is 2. The molecule has 0 rings (SSSR count). The summed E-state index contributed by atoms with van der Waals surface area (Å²) < 4.78 is 32.5. The van der Waals surface area contributed by atoms with Crippen molar-refractivity contribution in [3.8, 4) is 0 Å². The maximum absolute atomic E-state index is 12.4. The van der Waals surface area contributed by atoms with Crippen molar-refractivity contribution in [2.45, 2.75) is 155 Å². The van der Waals surface area contributed by atoms with E-state index in [9.17, 15) is 19.0 Å². The predicted octanol–water partition coefficient (Wildman–Crippen LogP) is 9.43. The predicted molar refractivity (Wildman–Crippen MR) is 187 cm³/mol. The maximum Gasteiger partial charge on any atom is 0.472 e. The number of unbranched alkanes of at least 4 members (excludes halogenated alkanes) is 14. The number of phosphoric ester groups is 1. The van der Waals surface area contributed by atoms with Gasteiger partial charge in [-0.05, 0) is 51.4 Å². The van der Waals surface area contributed by atoms with Crippen molar-refractivity contribution in [3.63, 3.8) is 0 Å². The molecule has 46 heavy (non-hydrogen) atoms. The summed E-state index contributed by atoms with van der Waals surface area (Å²) in [5, 5.41) is 0. The number of allylic oxidation sites excluding steroid dienone is 6. The van der Waals surface area contributed by atoms with Gasteiger partial charge in [-0.2, -0.15) is 0 Å². The summed E-state index contributed by atoms with van der Waals surface area (Å²) in [6.07, 6.45) is 33.2. The lowest BCUT2D eigenvalue weighted by Gasteiger charge is -2.19. The molecule has 0 heterocycles. The van der Waals surface area contributed by atoms with Crippen LogP contribution in [0.3, 0.4) is 0 Å². The third-order valence-corrected chi connectivity index (χ3v) is 8.26. The van der Waals surface area contributed by atoms with E-state index >= 15 is 0 Å². The topological polar surface area (TPSA) is 134 Å². The number of phosphoric acid groups is 1. The first-order valence-electron chi connectivity index (χ1n) is 18.0. The van der Waals surface area contributed by atoms with Crippen LogP contribution in [0.25, 0.3) is 0 Å². The molecule has 0 fully saturated rings. The average molecular weight is 672 g/mol. The zero-order chi connectivity index (χ0) is 34.0. The van der Waals surface area contributed by atoms with Crippen LogP contribution >= 0.6 is 7.82 Å². The molecule has 10 heteroatoms. The van der Waals surface area contributed by atoms with Gasteiger partial charge >= 0.3 is 19.8 Å². The SMILES string of the molecule is CCCCC/C=C/C/C=C/C/C=C/CCCCC(=O)OC[C@@H](COP(=O)(O)OCCN)OC(=O)CCCCCCCCCCCC. The zero-order valence-electron chi connectivity index (χ0n) is 29.0. The van der Waals surface area contributed by atoms with Crippen LogP contribution in [0.2, 0.25) is 0 Å². The van der Waals surface area contributed by atoms with E-state index in [4.69, 9.17) is 24.3 Å². The van der Waals surface area contributed by atoms with Crippen molar-refractivity contribution in [2.24, 2.45) is 5.73 Å². The second kappa shape index (κ2) is 33.1. The minimum Gasteiger partial charge on any atom is -0.462 e. The van der Waals surface area contributed by atoms with Gasteiger partial charge in [0.2, 0.25) is 0 Å². The van der Waals surface area contributed by atoms with Gasteiger partial charge < -0.3 is 20.1 Å². The van der Waals surface area contributed by atoms with Gasteiger partial charge in [-0.25, -0.2) is 4.57 Å². The zero-order valence-corrected chi connectivity index (χ0v) is 29.9. The Morgan fingerprint density at radius 2 is 1.13 bits per heavy atom. The third-order valence-electron chi connectivity index (χ3n) is 7.28. The van der Waals surface area contributed by atoms with Crippen LogP contribution in [0.1, 0.15) is 149 Å². The summed E-state index contributed by atoms with van der Waals surface area (Å²) in [5.74, 6) is -0.877. The molecular weight excluding hydrogens is 605 g/mol. The lowest BCUT2D eigenvalue weighted by atomic mass is 10.1. The number of carbonyl (C=O) groups is 2. The Balaban J connectivity index is 4.32. The summed E-state index contributed by atoms with van der Waals surface area (Å²) >= 11 is 0. The number of hydrogen-bond acceptors (Lipinski definition) is 8. The number of nitrogens with two attached hydrogens (primary N) is 1. The molecule has 0 saturated heterocycles. The number of esters is 2. The number of ether oxygens (including phenoxy) is 2. The minimum absolute atomic E-state index is 0.0484. The molecule has 0 aliphatic rings. The highest BCUT2D eigenvalue weighted by atomic mass is 31.2. The first kappa shape index (κ1) is 44.2. The first-order chi connectivity index (χ1) is 22.3. The molecule has 0 aliphatic heterocycles. The van der Waals surface area contributed by atoms with E-state index in [-0.39, 0.29) is 32.6 Å². The van der Waals surface area contributed by atoms with E-state index in [0.29, 0.717) is 12.8 Å². The number of hydrogen-bond donors (Lipinski definition) is 2. The van der Waals surface area contributed by atoms with Gasteiger partial charge in [0.25, 0.3) is 0 Å². The molecule has 2 atom stereocenters. The van der Waals surface area contributed by atoms with Crippen molar-refractivity contribution in [1.82, 2.24) is 0 Å². The van der Waals surface area contributed by atoms with Crippen LogP contribution in [0.5, 0.6) is 0 Å². The van der Waals surface area contributed by atoms with Crippen LogP contribution in [0, 0.1) is 0 Å². The molecule has 0 aromatic rings. The maximum atomic E-state index is 12.4. The van der Waals surface area contributed by atoms with Gasteiger partial charge in [-0.3, -0.25) is 18.6 Å². The standard InChI is InChI=1S/C36H66NO8P/c1-3-5-7-9-11-13-15-16-17-18-19-21-22-24-26-28-35(38)42-32-34(33-44-46(40,41)43-31-30-37)45-36(39)29-27-25-23-20-14-12-10-8-6-4-2/h11,13,16-17,19,21,34H,3-10,12,14-15,18,20,22-33,37H2,1-2H3,(H,40,41)/b13-11+,17-16+,21-19+/t34-/m0/s1. The summed E-state index contributed by atoms with van der Waals surface area (Å²) in [7, 11) is -4.37. The molecule has 0 aromatic carbocycles. The summed E-state index contributed by atoms with van der Waals surface area (Å²) in [4.78, 5) is 34.6. The largest absolute Gasteiger partial charge is 0.472 e. The normalized spacial score (nSPS) is 13.9. The fourth-order valence-corrected chi connectivity index (χ4v) is 5.35. The Morgan fingerprint density at radius 1 is 0.652 bits per heavy atom. The molecule has 0 spiro atoms. The number of rotatable bonds is 33. The molecule has 0 aliphatic carbocycles. The molecule has 0 bridgehead atoms. The van der Waals surface area contributed by atoms with Crippen molar-refractivity contribution < 1.29 is 37.6 Å². The van der Waals surface area contributed by atoms with E-state index in [1.165, 1.54) is 57.8 Å². The quantitative estimate of drug-likeness (QED) is 0.0303. The molecule has 9 nitrogen and oxygen atoms in total. The van der Waals surface area contributed by atoms with Crippen molar-refractivity contribution in [2.75, 3.05) is 26.4 Å². The van der Waals surface area contributed by atoms with Crippen molar-refractivity contribution in [1.29, 1.82) is 0 Å². The van der Waals surface area contributed by atoms with Gasteiger partial charge in [0.15, 0.2) is 6.10 Å². The molecule has 0 saturated carbocycles. The Morgan fingerprint density at radius 3 is 1.72 bits per heavy atom. The Bertz CT molecular complexity index is 861. The molecule has 0 radical (unpaired) electrons. The second-order valence-electron chi connectivity index (χ2n) is 11.7. The van der Waals surface area contributed by atoms with Crippen LogP contribution < -0.4 is 5.73 Å². The van der Waals surface area contributed by atoms with Gasteiger partial charge in [-0.1, -0.05) is 121 Å². The van der Waals surface area contributed by atoms with Crippen molar-refractivity contribution in [3.05, 3.63) is 36.5 Å². The lowest BCUT2D eigenvalue weighted by molar-refractivity contribution is -0.161. The van der Waals surface area contributed by atoms with Crippen LogP contribution in [-0.2, 0) is 32.7 Å². The molecule has 0 amide bonds. The van der Waals surface area contributed by atoms with E-state index in [2.05, 4.69) is 50.3 Å². The fraction of sp³-hybridized carbons (Fsp3) is 0.778. The Hall–Kier alpha value is -1.77. The highest BCUT2D eigenvalue weighted by molar-refractivity contribution is 7.47. The first-order valence-corrected chi connectivity index (χ1v) is 19.5. The van der Waals surface area contributed by atoms with Crippen molar-refractivity contribution >= 4 is 19.8 Å². The monoisotopic (exact) mass is 671 g/mol. The minimum atomic E-state index is -4.37. The smallest absolute Gasteiger partial charge is 0.462 e. The van der Waals surface area contributed by atoms with E-state index in [1.54, 1.807) is 0 Å². The molecule has 1 unspecified atom stereocenters. The third kappa shape index (κ3) is 32.2. The van der Waals surface area contributed by atoms with Crippen LogP contribution in [0.15, 0.2) is 36.5 Å². The molecule has 268 valence electrons. The summed E-state index contributed by atoms with van der Waals surface area (Å²) in [6.45, 7) is 3.62. The van der Waals surface area contributed by atoms with Gasteiger partial charge in [0.1, 0.15) is 6.61 Å². The van der Waals surface area contributed by atoms with Crippen LogP contribution in [-0.4, -0.2) is 49.3 Å². The molecule has 0 aromatic heterocycles. The highest BCUT2D eigenvalue weighted by Crippen LogP contribution is 2.43. The van der Waals surface area contributed by atoms with E-state index in [0.717, 1.165) is 51.4 Å². The second-order valence-corrected chi connectivity index (χ2v) is 13.2. The highest BCUT2D eigenvalue weighted by Gasteiger charge is 2.25. The van der Waals surface area contributed by atoms with Gasteiger partial charge in [-0.15, -0.1) is 0 Å². The molecular formula is C36H66NO8P. The summed E-state index contributed by atoms with van der Waals surface area (Å²) in [5.41, 5.74) is 5.31. The van der Waals surface area contributed by atoms with E-state index in [1.807, 2.05) is 0 Å². The fourth-order valence-electron chi connectivity index (χ4n) is 4.58. The van der Waals surface area contributed by atoms with Gasteiger partial charge in [0.05, 0.1) is 13.2 Å². The van der Waals surface area contributed by atoms with Crippen LogP contribution in [0.4, 0.5) is 0 Å². The van der Waals surface area contributed by atoms with Gasteiger partial charge in [0, 0.05) is 19.4 Å².